The van der Waals surface area contributed by atoms with Crippen LogP contribution in [0.4, 0.5) is 6.01 Å². The normalized spacial score (nSPS) is 10.7. The van der Waals surface area contributed by atoms with Gasteiger partial charge >= 0.3 is 6.01 Å². The smallest absolute Gasteiger partial charge is 0.315 e. The SMILES string of the molecule is CCCNCc1nnc(NCCCCOC)o1. The number of nitrogens with one attached hydrogen (secondary N) is 2. The van der Waals surface area contributed by atoms with Gasteiger partial charge in [0.2, 0.25) is 5.89 Å². The molecule has 6 nitrogen and oxygen atoms in total. The first-order valence-corrected chi connectivity index (χ1v) is 6.12. The summed E-state index contributed by atoms with van der Waals surface area (Å²) in [5, 5.41) is 14.1. The molecular weight excluding hydrogens is 220 g/mol. The van der Waals surface area contributed by atoms with Crippen LogP contribution in [-0.2, 0) is 11.3 Å². The Kier molecular flexibility index (Phi) is 7.33. The molecule has 0 bridgehead atoms. The van der Waals surface area contributed by atoms with Crippen molar-refractivity contribution in [3.05, 3.63) is 5.89 Å². The van der Waals surface area contributed by atoms with Crippen LogP contribution >= 0.6 is 0 Å². The Morgan fingerprint density at radius 2 is 2.12 bits per heavy atom. The number of rotatable bonds is 10. The highest BCUT2D eigenvalue weighted by Gasteiger charge is 2.03. The molecule has 0 aliphatic rings. The molecule has 0 amide bonds. The summed E-state index contributed by atoms with van der Waals surface area (Å²) in [6.07, 6.45) is 3.15. The second kappa shape index (κ2) is 8.95. The zero-order valence-electron chi connectivity index (χ0n) is 10.7. The maximum atomic E-state index is 5.41. The van der Waals surface area contributed by atoms with E-state index in [-0.39, 0.29) is 0 Å². The van der Waals surface area contributed by atoms with E-state index in [2.05, 4.69) is 27.8 Å². The van der Waals surface area contributed by atoms with Gasteiger partial charge in [-0.1, -0.05) is 12.0 Å². The standard InChI is InChI=1S/C11H22N4O2/c1-3-6-12-9-10-14-15-11(17-10)13-7-4-5-8-16-2/h12H,3-9H2,1-2H3,(H,13,15). The van der Waals surface area contributed by atoms with Gasteiger partial charge < -0.3 is 19.8 Å². The summed E-state index contributed by atoms with van der Waals surface area (Å²) < 4.78 is 10.4. The third-order valence-electron chi connectivity index (χ3n) is 2.22. The van der Waals surface area contributed by atoms with E-state index in [1.807, 2.05) is 0 Å². The van der Waals surface area contributed by atoms with E-state index < -0.39 is 0 Å². The lowest BCUT2D eigenvalue weighted by Gasteiger charge is -2.00. The fourth-order valence-electron chi connectivity index (χ4n) is 1.34. The number of nitrogens with zero attached hydrogens (tertiary/aromatic N) is 2. The number of hydrogen-bond acceptors (Lipinski definition) is 6. The fraction of sp³-hybridized carbons (Fsp3) is 0.818. The van der Waals surface area contributed by atoms with Gasteiger partial charge in [0.25, 0.3) is 0 Å². The summed E-state index contributed by atoms with van der Waals surface area (Å²) in [6, 6.07) is 0.496. The zero-order valence-corrected chi connectivity index (χ0v) is 10.7. The highest BCUT2D eigenvalue weighted by atomic mass is 16.5. The van der Waals surface area contributed by atoms with Crippen LogP contribution in [0.15, 0.2) is 4.42 Å². The molecule has 0 aromatic carbocycles. The lowest BCUT2D eigenvalue weighted by atomic mass is 10.3. The van der Waals surface area contributed by atoms with Gasteiger partial charge in [0.15, 0.2) is 0 Å². The van der Waals surface area contributed by atoms with Crippen LogP contribution in [0.2, 0.25) is 0 Å². The second-order valence-corrected chi connectivity index (χ2v) is 3.80. The van der Waals surface area contributed by atoms with Crippen molar-refractivity contribution in [2.75, 3.05) is 32.1 Å². The van der Waals surface area contributed by atoms with Crippen LogP contribution in [0.1, 0.15) is 32.1 Å². The summed E-state index contributed by atoms with van der Waals surface area (Å²) >= 11 is 0. The zero-order chi connectivity index (χ0) is 12.3. The highest BCUT2D eigenvalue weighted by Crippen LogP contribution is 2.05. The molecule has 0 radical (unpaired) electrons. The minimum Gasteiger partial charge on any atom is -0.407 e. The number of hydrogen-bond donors (Lipinski definition) is 2. The molecule has 0 aliphatic heterocycles. The van der Waals surface area contributed by atoms with Gasteiger partial charge in [-0.2, -0.15) is 0 Å². The van der Waals surface area contributed by atoms with E-state index in [1.165, 1.54) is 0 Å². The summed E-state index contributed by atoms with van der Waals surface area (Å²) in [7, 11) is 1.71. The molecule has 0 saturated carbocycles. The van der Waals surface area contributed by atoms with Crippen LogP contribution in [0.25, 0.3) is 0 Å². The van der Waals surface area contributed by atoms with Crippen LogP contribution < -0.4 is 10.6 Å². The Hall–Kier alpha value is -1.14. The Balaban J connectivity index is 2.12. The predicted octanol–water partition coefficient (Wildman–Crippen LogP) is 1.41. The molecule has 0 spiro atoms. The predicted molar refractivity (Wildman–Crippen MR) is 65.9 cm³/mol. The Morgan fingerprint density at radius 3 is 2.88 bits per heavy atom. The monoisotopic (exact) mass is 242 g/mol. The van der Waals surface area contributed by atoms with Crippen molar-refractivity contribution in [1.29, 1.82) is 0 Å². The molecule has 1 heterocycles. The van der Waals surface area contributed by atoms with E-state index in [1.54, 1.807) is 7.11 Å². The maximum absolute atomic E-state index is 5.41. The van der Waals surface area contributed by atoms with Gasteiger partial charge in [-0.25, -0.2) is 0 Å². The van der Waals surface area contributed by atoms with E-state index >= 15 is 0 Å². The van der Waals surface area contributed by atoms with Crippen molar-refractivity contribution < 1.29 is 9.15 Å². The van der Waals surface area contributed by atoms with Gasteiger partial charge in [0.1, 0.15) is 0 Å². The Morgan fingerprint density at radius 1 is 1.24 bits per heavy atom. The van der Waals surface area contributed by atoms with Crippen LogP contribution in [0.5, 0.6) is 0 Å². The minimum atomic E-state index is 0.496. The van der Waals surface area contributed by atoms with E-state index in [9.17, 15) is 0 Å². The van der Waals surface area contributed by atoms with Crippen molar-refractivity contribution in [1.82, 2.24) is 15.5 Å². The first-order chi connectivity index (χ1) is 8.36. The molecule has 17 heavy (non-hydrogen) atoms. The van der Waals surface area contributed by atoms with Gasteiger partial charge in [-0.3, -0.25) is 0 Å². The van der Waals surface area contributed by atoms with Crippen molar-refractivity contribution >= 4 is 6.01 Å². The molecule has 0 unspecified atom stereocenters. The highest BCUT2D eigenvalue weighted by molar-refractivity contribution is 5.16. The van der Waals surface area contributed by atoms with Gasteiger partial charge in [-0.05, 0) is 25.8 Å². The van der Waals surface area contributed by atoms with Crippen molar-refractivity contribution in [3.8, 4) is 0 Å². The first-order valence-electron chi connectivity index (χ1n) is 6.12. The largest absolute Gasteiger partial charge is 0.407 e. The topological polar surface area (TPSA) is 72.2 Å². The van der Waals surface area contributed by atoms with Crippen molar-refractivity contribution in [2.24, 2.45) is 0 Å². The maximum Gasteiger partial charge on any atom is 0.315 e. The van der Waals surface area contributed by atoms with Gasteiger partial charge in [-0.15, -0.1) is 5.10 Å². The molecule has 6 heteroatoms. The molecule has 0 fully saturated rings. The van der Waals surface area contributed by atoms with Crippen molar-refractivity contribution in [2.45, 2.75) is 32.7 Å². The molecule has 1 aromatic rings. The van der Waals surface area contributed by atoms with E-state index in [4.69, 9.17) is 9.15 Å². The number of aromatic nitrogens is 2. The number of unbranched alkanes of at least 4 members (excludes halogenated alkanes) is 1. The van der Waals surface area contributed by atoms with E-state index in [0.29, 0.717) is 18.5 Å². The third-order valence-corrected chi connectivity index (χ3v) is 2.22. The van der Waals surface area contributed by atoms with Gasteiger partial charge in [0.05, 0.1) is 6.54 Å². The van der Waals surface area contributed by atoms with Crippen molar-refractivity contribution in [3.63, 3.8) is 0 Å². The lowest BCUT2D eigenvalue weighted by molar-refractivity contribution is 0.193. The Bertz CT molecular complexity index is 291. The van der Waals surface area contributed by atoms with Crippen LogP contribution in [0, 0.1) is 0 Å². The molecule has 2 N–H and O–H groups in total. The average molecular weight is 242 g/mol. The molecule has 1 aromatic heterocycles. The van der Waals surface area contributed by atoms with Crippen LogP contribution in [0.3, 0.4) is 0 Å². The molecule has 1 rings (SSSR count). The molecule has 98 valence electrons. The van der Waals surface area contributed by atoms with Gasteiger partial charge in [0, 0.05) is 20.3 Å². The quantitative estimate of drug-likeness (QED) is 0.604. The summed E-state index contributed by atoms with van der Waals surface area (Å²) in [5.74, 6) is 0.623. The van der Waals surface area contributed by atoms with E-state index in [0.717, 1.165) is 39.0 Å². The second-order valence-electron chi connectivity index (χ2n) is 3.80. The average Bonchev–Trinajstić information content (AvgIpc) is 2.77. The Labute approximate surface area is 102 Å². The molecule has 0 saturated heterocycles. The molecule has 0 aliphatic carbocycles. The van der Waals surface area contributed by atoms with Crippen LogP contribution in [-0.4, -0.2) is 37.0 Å². The summed E-state index contributed by atoms with van der Waals surface area (Å²) in [4.78, 5) is 0. The summed E-state index contributed by atoms with van der Waals surface area (Å²) in [5.41, 5.74) is 0. The molecular formula is C11H22N4O2. The summed E-state index contributed by atoms with van der Waals surface area (Å²) in [6.45, 7) is 5.33. The fourth-order valence-corrected chi connectivity index (χ4v) is 1.34. The molecule has 0 atom stereocenters. The minimum absolute atomic E-state index is 0.496. The number of anilines is 1. The number of methoxy groups -OCH3 is 1. The third kappa shape index (κ3) is 6.23. The first kappa shape index (κ1) is 13.9. The lowest BCUT2D eigenvalue weighted by Crippen LogP contribution is -2.13. The number of ether oxygens (including phenoxy) is 1.